The van der Waals surface area contributed by atoms with Crippen LogP contribution in [-0.4, -0.2) is 22.5 Å². The molecule has 102 valence electrons. The molecule has 3 rings (SSSR count). The standard InChI is InChI=1S/C14H17ClN2S2/c1-18-10-7-5-9(6-8-10)16-14-17-12-4-2-3-11(15)13(12)19-14/h2-4,9-10H,5-8H2,1H3,(H,16,17). The lowest BCUT2D eigenvalue weighted by Gasteiger charge is -2.27. The SMILES string of the molecule is CSC1CCC(Nc2nc3cccc(Cl)c3s2)CC1. The zero-order chi connectivity index (χ0) is 13.2. The second-order valence-corrected chi connectivity index (χ2v) is 7.51. The molecule has 0 aliphatic heterocycles. The van der Waals surface area contributed by atoms with E-state index in [0.29, 0.717) is 6.04 Å². The molecular formula is C14H17ClN2S2. The predicted octanol–water partition coefficient (Wildman–Crippen LogP) is 5.04. The van der Waals surface area contributed by atoms with Crippen molar-refractivity contribution in [2.45, 2.75) is 37.0 Å². The lowest BCUT2D eigenvalue weighted by atomic mass is 9.95. The van der Waals surface area contributed by atoms with Crippen molar-refractivity contribution >= 4 is 50.0 Å². The Kier molecular flexibility index (Phi) is 4.20. The quantitative estimate of drug-likeness (QED) is 0.860. The third-order valence-electron chi connectivity index (χ3n) is 3.70. The monoisotopic (exact) mass is 312 g/mol. The largest absolute Gasteiger partial charge is 0.359 e. The molecule has 0 saturated heterocycles. The topological polar surface area (TPSA) is 24.9 Å². The number of hydrogen-bond donors (Lipinski definition) is 1. The van der Waals surface area contributed by atoms with Crippen molar-refractivity contribution in [2.24, 2.45) is 0 Å². The number of rotatable bonds is 3. The van der Waals surface area contributed by atoms with E-state index in [1.807, 2.05) is 30.0 Å². The summed E-state index contributed by atoms with van der Waals surface area (Å²) in [6, 6.07) is 6.48. The smallest absolute Gasteiger partial charge is 0.184 e. The van der Waals surface area contributed by atoms with Crippen LogP contribution in [0.4, 0.5) is 5.13 Å². The summed E-state index contributed by atoms with van der Waals surface area (Å²) >= 11 is 9.86. The second-order valence-electron chi connectivity index (χ2n) is 4.96. The number of thioether (sulfide) groups is 1. The van der Waals surface area contributed by atoms with Gasteiger partial charge >= 0.3 is 0 Å². The summed E-state index contributed by atoms with van der Waals surface area (Å²) in [5, 5.41) is 6.24. The van der Waals surface area contributed by atoms with Gasteiger partial charge in [-0.3, -0.25) is 0 Å². The van der Waals surface area contributed by atoms with Crippen LogP contribution in [0, 0.1) is 0 Å². The lowest BCUT2D eigenvalue weighted by molar-refractivity contribution is 0.473. The number of nitrogens with zero attached hydrogens (tertiary/aromatic N) is 1. The van der Waals surface area contributed by atoms with Crippen LogP contribution in [-0.2, 0) is 0 Å². The predicted molar refractivity (Wildman–Crippen MR) is 87.8 cm³/mol. The second kappa shape index (κ2) is 5.90. The number of hydrogen-bond acceptors (Lipinski definition) is 4. The molecule has 19 heavy (non-hydrogen) atoms. The summed E-state index contributed by atoms with van der Waals surface area (Å²) in [5.41, 5.74) is 0.998. The molecule has 1 aliphatic carbocycles. The number of anilines is 1. The van der Waals surface area contributed by atoms with Gasteiger partial charge in [-0.15, -0.1) is 0 Å². The summed E-state index contributed by atoms with van der Waals surface area (Å²) < 4.78 is 1.09. The maximum Gasteiger partial charge on any atom is 0.184 e. The van der Waals surface area contributed by atoms with Crippen molar-refractivity contribution < 1.29 is 0 Å². The van der Waals surface area contributed by atoms with E-state index in [2.05, 4.69) is 16.6 Å². The molecule has 2 aromatic rings. The van der Waals surface area contributed by atoms with Gasteiger partial charge in [0.2, 0.25) is 0 Å². The fraction of sp³-hybridized carbons (Fsp3) is 0.500. The molecule has 1 aliphatic rings. The molecule has 0 radical (unpaired) electrons. The number of thiazole rings is 1. The molecule has 0 spiro atoms. The third kappa shape index (κ3) is 3.01. The molecule has 1 saturated carbocycles. The van der Waals surface area contributed by atoms with Crippen LogP contribution in [0.1, 0.15) is 25.7 Å². The fourth-order valence-electron chi connectivity index (χ4n) is 2.59. The van der Waals surface area contributed by atoms with Crippen LogP contribution in [0.5, 0.6) is 0 Å². The molecular weight excluding hydrogens is 296 g/mol. The number of halogens is 1. The maximum absolute atomic E-state index is 6.19. The molecule has 1 aromatic carbocycles. The van der Waals surface area contributed by atoms with Gasteiger partial charge in [-0.25, -0.2) is 4.98 Å². The van der Waals surface area contributed by atoms with E-state index in [1.54, 1.807) is 11.3 Å². The number of aromatic nitrogens is 1. The van der Waals surface area contributed by atoms with Gasteiger partial charge in [0, 0.05) is 11.3 Å². The molecule has 5 heteroatoms. The molecule has 0 bridgehead atoms. The van der Waals surface area contributed by atoms with Crippen molar-refractivity contribution in [3.63, 3.8) is 0 Å². The zero-order valence-corrected chi connectivity index (χ0v) is 13.2. The molecule has 1 heterocycles. The molecule has 1 N–H and O–H groups in total. The van der Waals surface area contributed by atoms with Crippen LogP contribution in [0.25, 0.3) is 10.2 Å². The van der Waals surface area contributed by atoms with E-state index in [1.165, 1.54) is 25.7 Å². The van der Waals surface area contributed by atoms with E-state index < -0.39 is 0 Å². The average Bonchev–Trinajstić information content (AvgIpc) is 2.84. The van der Waals surface area contributed by atoms with Crippen molar-refractivity contribution in [2.75, 3.05) is 11.6 Å². The Labute approximate surface area is 126 Å². The minimum absolute atomic E-state index is 0.572. The highest BCUT2D eigenvalue weighted by molar-refractivity contribution is 7.99. The van der Waals surface area contributed by atoms with E-state index in [4.69, 9.17) is 11.6 Å². The van der Waals surface area contributed by atoms with Crippen LogP contribution >= 0.6 is 34.7 Å². The number of nitrogens with one attached hydrogen (secondary N) is 1. The minimum atomic E-state index is 0.572. The van der Waals surface area contributed by atoms with Crippen molar-refractivity contribution in [1.82, 2.24) is 4.98 Å². The first-order valence-electron chi connectivity index (χ1n) is 6.60. The summed E-state index contributed by atoms with van der Waals surface area (Å²) in [6.07, 6.45) is 7.33. The third-order valence-corrected chi connectivity index (χ3v) is 6.30. The molecule has 1 aromatic heterocycles. The fourth-order valence-corrected chi connectivity index (χ4v) is 4.57. The Morgan fingerprint density at radius 3 is 2.79 bits per heavy atom. The highest BCUT2D eigenvalue weighted by Gasteiger charge is 2.21. The summed E-state index contributed by atoms with van der Waals surface area (Å²) in [6.45, 7) is 0. The van der Waals surface area contributed by atoms with E-state index in [9.17, 15) is 0 Å². The highest BCUT2D eigenvalue weighted by Crippen LogP contribution is 2.34. The Morgan fingerprint density at radius 2 is 2.11 bits per heavy atom. The van der Waals surface area contributed by atoms with Gasteiger partial charge in [-0.2, -0.15) is 11.8 Å². The van der Waals surface area contributed by atoms with Crippen molar-refractivity contribution in [3.8, 4) is 0 Å². The van der Waals surface area contributed by atoms with Gasteiger partial charge in [0.05, 0.1) is 15.2 Å². The normalized spacial score (nSPS) is 23.7. The summed E-state index contributed by atoms with van der Waals surface area (Å²) in [4.78, 5) is 4.62. The van der Waals surface area contributed by atoms with Gasteiger partial charge in [0.25, 0.3) is 0 Å². The molecule has 2 nitrogen and oxygen atoms in total. The summed E-state index contributed by atoms with van der Waals surface area (Å²) in [5.74, 6) is 0. The first-order chi connectivity index (χ1) is 9.26. The van der Waals surface area contributed by atoms with Crippen molar-refractivity contribution in [3.05, 3.63) is 23.2 Å². The molecule has 0 atom stereocenters. The van der Waals surface area contributed by atoms with Crippen LogP contribution in [0.15, 0.2) is 18.2 Å². The Morgan fingerprint density at radius 1 is 1.32 bits per heavy atom. The Balaban J connectivity index is 1.70. The number of benzene rings is 1. The van der Waals surface area contributed by atoms with Gasteiger partial charge in [-0.1, -0.05) is 29.0 Å². The van der Waals surface area contributed by atoms with Gasteiger partial charge in [-0.05, 0) is 44.1 Å². The van der Waals surface area contributed by atoms with E-state index >= 15 is 0 Å². The van der Waals surface area contributed by atoms with Crippen LogP contribution < -0.4 is 5.32 Å². The van der Waals surface area contributed by atoms with Crippen LogP contribution in [0.3, 0.4) is 0 Å². The Bertz CT molecular complexity index is 562. The molecule has 1 fully saturated rings. The highest BCUT2D eigenvalue weighted by atomic mass is 35.5. The van der Waals surface area contributed by atoms with Crippen molar-refractivity contribution in [1.29, 1.82) is 0 Å². The van der Waals surface area contributed by atoms with E-state index in [0.717, 1.165) is 25.6 Å². The molecule has 0 unspecified atom stereocenters. The van der Waals surface area contributed by atoms with Gasteiger partial charge in [0.15, 0.2) is 5.13 Å². The molecule has 0 amide bonds. The zero-order valence-electron chi connectivity index (χ0n) is 10.9. The van der Waals surface area contributed by atoms with E-state index in [-0.39, 0.29) is 0 Å². The van der Waals surface area contributed by atoms with Gasteiger partial charge in [0.1, 0.15) is 0 Å². The lowest BCUT2D eigenvalue weighted by Crippen LogP contribution is -2.26. The number of fused-ring (bicyclic) bond motifs is 1. The first kappa shape index (κ1) is 13.5. The average molecular weight is 313 g/mol. The van der Waals surface area contributed by atoms with Crippen LogP contribution in [0.2, 0.25) is 5.02 Å². The maximum atomic E-state index is 6.19. The Hall–Kier alpha value is -0.450. The first-order valence-corrected chi connectivity index (χ1v) is 9.09. The van der Waals surface area contributed by atoms with Gasteiger partial charge < -0.3 is 5.32 Å². The summed E-state index contributed by atoms with van der Waals surface area (Å²) in [7, 11) is 0. The minimum Gasteiger partial charge on any atom is -0.359 e.